The second-order valence-electron chi connectivity index (χ2n) is 5.20. The maximum atomic E-state index is 12.1. The van der Waals surface area contributed by atoms with Gasteiger partial charge in [-0.2, -0.15) is 4.31 Å². The number of rotatable bonds is 5. The topological polar surface area (TPSA) is 46.6 Å². The Morgan fingerprint density at radius 3 is 2.76 bits per heavy atom. The molecule has 1 aliphatic heterocycles. The lowest BCUT2D eigenvalue weighted by atomic mass is 9.87. The van der Waals surface area contributed by atoms with Crippen molar-refractivity contribution >= 4 is 10.0 Å². The third-order valence-electron chi connectivity index (χ3n) is 4.01. The van der Waals surface area contributed by atoms with E-state index in [9.17, 15) is 8.42 Å². The van der Waals surface area contributed by atoms with E-state index < -0.39 is 10.0 Å². The van der Waals surface area contributed by atoms with Gasteiger partial charge in [-0.3, -0.25) is 0 Å². The van der Waals surface area contributed by atoms with Gasteiger partial charge in [-0.1, -0.05) is 19.3 Å². The van der Waals surface area contributed by atoms with Crippen molar-refractivity contribution < 1.29 is 13.2 Å². The quantitative estimate of drug-likeness (QED) is 0.706. The maximum absolute atomic E-state index is 12.1. The Hall–Kier alpha value is -0.130. The van der Waals surface area contributed by atoms with Gasteiger partial charge in [0.25, 0.3) is 0 Å². The Morgan fingerprint density at radius 1 is 1.24 bits per heavy atom. The summed E-state index contributed by atoms with van der Waals surface area (Å²) >= 11 is 0. The summed E-state index contributed by atoms with van der Waals surface area (Å²) in [7, 11) is -1.42. The van der Waals surface area contributed by atoms with Crippen LogP contribution in [0.1, 0.15) is 38.5 Å². The predicted molar refractivity (Wildman–Crippen MR) is 67.3 cm³/mol. The lowest BCUT2D eigenvalue weighted by molar-refractivity contribution is 0.0937. The van der Waals surface area contributed by atoms with Crippen LogP contribution in [0.5, 0.6) is 0 Å². The van der Waals surface area contributed by atoms with Crippen LogP contribution >= 0.6 is 0 Å². The summed E-state index contributed by atoms with van der Waals surface area (Å²) in [5.41, 5.74) is 0. The van der Waals surface area contributed by atoms with Crippen LogP contribution in [-0.2, 0) is 14.8 Å². The molecule has 100 valence electrons. The van der Waals surface area contributed by atoms with Crippen LogP contribution in [0, 0.1) is 5.92 Å². The highest BCUT2D eigenvalue weighted by Gasteiger charge is 2.44. The number of hydrogen-bond donors (Lipinski definition) is 0. The number of sulfonamides is 1. The molecule has 2 aliphatic rings. The van der Waals surface area contributed by atoms with Crippen LogP contribution in [0.2, 0.25) is 0 Å². The molecule has 1 heterocycles. The summed E-state index contributed by atoms with van der Waals surface area (Å²) in [5.74, 6) is 0.874. The Balaban J connectivity index is 1.90. The number of fused-ring (bicyclic) bond motifs is 1. The van der Waals surface area contributed by atoms with E-state index >= 15 is 0 Å². The van der Waals surface area contributed by atoms with Crippen LogP contribution in [0.25, 0.3) is 0 Å². The van der Waals surface area contributed by atoms with Gasteiger partial charge in [0.05, 0.1) is 5.75 Å². The first-order valence-electron chi connectivity index (χ1n) is 6.63. The van der Waals surface area contributed by atoms with Crippen molar-refractivity contribution in [2.75, 3.05) is 26.0 Å². The summed E-state index contributed by atoms with van der Waals surface area (Å²) in [5, 5.41) is 0. The van der Waals surface area contributed by atoms with E-state index in [0.29, 0.717) is 25.0 Å². The van der Waals surface area contributed by atoms with Gasteiger partial charge in [-0.25, -0.2) is 8.42 Å². The Morgan fingerprint density at radius 2 is 2.00 bits per heavy atom. The van der Waals surface area contributed by atoms with E-state index in [2.05, 4.69) is 0 Å². The van der Waals surface area contributed by atoms with Crippen molar-refractivity contribution in [3.8, 4) is 0 Å². The van der Waals surface area contributed by atoms with Gasteiger partial charge in [0.2, 0.25) is 10.0 Å². The van der Waals surface area contributed by atoms with Crippen molar-refractivity contribution in [3.63, 3.8) is 0 Å². The van der Waals surface area contributed by atoms with Gasteiger partial charge >= 0.3 is 0 Å². The average molecular weight is 261 g/mol. The molecule has 1 saturated carbocycles. The first-order valence-corrected chi connectivity index (χ1v) is 8.24. The summed E-state index contributed by atoms with van der Waals surface area (Å²) in [6.07, 6.45) is 6.62. The monoisotopic (exact) mass is 261 g/mol. The minimum absolute atomic E-state index is 0.240. The van der Waals surface area contributed by atoms with E-state index in [1.165, 1.54) is 25.7 Å². The second-order valence-corrected chi connectivity index (χ2v) is 7.24. The van der Waals surface area contributed by atoms with E-state index in [4.69, 9.17) is 4.74 Å². The first kappa shape index (κ1) is 13.3. The lowest BCUT2D eigenvalue weighted by Crippen LogP contribution is -2.58. The second kappa shape index (κ2) is 5.67. The van der Waals surface area contributed by atoms with Gasteiger partial charge in [-0.15, -0.1) is 0 Å². The number of ether oxygens (including phenoxy) is 1. The highest BCUT2D eigenvalue weighted by Crippen LogP contribution is 2.37. The number of hydrogen-bond acceptors (Lipinski definition) is 3. The van der Waals surface area contributed by atoms with E-state index in [1.807, 2.05) is 0 Å². The van der Waals surface area contributed by atoms with Crippen molar-refractivity contribution in [1.82, 2.24) is 4.31 Å². The number of nitrogens with zero attached hydrogens (tertiary/aromatic N) is 1. The highest BCUT2D eigenvalue weighted by atomic mass is 32.2. The molecule has 0 spiro atoms. The predicted octanol–water partition coefficient (Wildman–Crippen LogP) is 1.62. The zero-order chi connectivity index (χ0) is 12.3. The molecule has 2 fully saturated rings. The molecule has 4 nitrogen and oxygen atoms in total. The molecule has 2 rings (SSSR count). The molecule has 2 atom stereocenters. The standard InChI is InChI=1S/C12H23NO3S/c1-16-8-5-9-17(14,15)13-10-11-6-3-2-4-7-12(11)13/h11-12H,2-10H2,1H3. The third-order valence-corrected chi connectivity index (χ3v) is 5.95. The van der Waals surface area contributed by atoms with Gasteiger partial charge in [0.1, 0.15) is 0 Å². The van der Waals surface area contributed by atoms with Gasteiger partial charge in [0, 0.05) is 26.3 Å². The fraction of sp³-hybridized carbons (Fsp3) is 1.00. The van der Waals surface area contributed by atoms with Crippen LogP contribution in [0.3, 0.4) is 0 Å². The fourth-order valence-corrected chi connectivity index (χ4v) is 4.83. The highest BCUT2D eigenvalue weighted by molar-refractivity contribution is 7.89. The molecule has 17 heavy (non-hydrogen) atoms. The zero-order valence-electron chi connectivity index (χ0n) is 10.6. The molecule has 0 aromatic carbocycles. The molecule has 0 amide bonds. The molecular weight excluding hydrogens is 238 g/mol. The van der Waals surface area contributed by atoms with Crippen LogP contribution < -0.4 is 0 Å². The molecule has 0 aromatic rings. The van der Waals surface area contributed by atoms with Gasteiger partial charge < -0.3 is 4.74 Å². The maximum Gasteiger partial charge on any atom is 0.214 e. The van der Waals surface area contributed by atoms with Gasteiger partial charge in [-0.05, 0) is 25.2 Å². The molecule has 0 aromatic heterocycles. The summed E-state index contributed by atoms with van der Waals surface area (Å²) in [6.45, 7) is 1.29. The van der Waals surface area contributed by atoms with Crippen LogP contribution in [-0.4, -0.2) is 44.8 Å². The van der Waals surface area contributed by atoms with Crippen molar-refractivity contribution in [3.05, 3.63) is 0 Å². The van der Waals surface area contributed by atoms with E-state index in [-0.39, 0.29) is 5.75 Å². The van der Waals surface area contributed by atoms with Gasteiger partial charge in [0.15, 0.2) is 0 Å². The number of methoxy groups -OCH3 is 1. The normalized spacial score (nSPS) is 30.4. The molecule has 5 heteroatoms. The summed E-state index contributed by atoms with van der Waals surface area (Å²) < 4.78 is 30.9. The van der Waals surface area contributed by atoms with Crippen LogP contribution in [0.4, 0.5) is 0 Å². The van der Waals surface area contributed by atoms with Crippen LogP contribution in [0.15, 0.2) is 0 Å². The molecule has 1 saturated heterocycles. The van der Waals surface area contributed by atoms with Crippen molar-refractivity contribution in [1.29, 1.82) is 0 Å². The van der Waals surface area contributed by atoms with Crippen molar-refractivity contribution in [2.45, 2.75) is 44.6 Å². The van der Waals surface area contributed by atoms with Crippen molar-refractivity contribution in [2.24, 2.45) is 5.92 Å². The average Bonchev–Trinajstić information content (AvgIpc) is 2.41. The molecule has 0 N–H and O–H groups in total. The Kier molecular flexibility index (Phi) is 4.44. The fourth-order valence-electron chi connectivity index (χ4n) is 3.01. The molecule has 1 aliphatic carbocycles. The minimum atomic E-state index is -3.03. The SMILES string of the molecule is COCCCS(=O)(=O)N1CC2CCCCCC21. The van der Waals surface area contributed by atoms with E-state index in [0.717, 1.165) is 13.0 Å². The van der Waals surface area contributed by atoms with E-state index in [1.54, 1.807) is 11.4 Å². The zero-order valence-corrected chi connectivity index (χ0v) is 11.4. The minimum Gasteiger partial charge on any atom is -0.385 e. The Bertz CT molecular complexity index is 342. The molecule has 2 unspecified atom stereocenters. The molecule has 0 radical (unpaired) electrons. The molecule has 0 bridgehead atoms. The summed E-state index contributed by atoms with van der Waals surface area (Å²) in [4.78, 5) is 0. The largest absolute Gasteiger partial charge is 0.385 e. The lowest BCUT2D eigenvalue weighted by Gasteiger charge is -2.46. The summed E-state index contributed by atoms with van der Waals surface area (Å²) in [6, 6.07) is 0.310. The third kappa shape index (κ3) is 3.01. The first-order chi connectivity index (χ1) is 8.15. The smallest absolute Gasteiger partial charge is 0.214 e. The Labute approximate surface area is 104 Å². The molecular formula is C12H23NO3S.